The van der Waals surface area contributed by atoms with Crippen LogP contribution < -0.4 is 9.47 Å². The van der Waals surface area contributed by atoms with E-state index in [0.29, 0.717) is 30.5 Å². The zero-order valence-electron chi connectivity index (χ0n) is 30.1. The highest BCUT2D eigenvalue weighted by molar-refractivity contribution is 5.84. The third-order valence-electron chi connectivity index (χ3n) is 9.68. The predicted octanol–water partition coefficient (Wildman–Crippen LogP) is 5.45. The van der Waals surface area contributed by atoms with E-state index in [1.54, 1.807) is 84.0 Å². The molecule has 1 fully saturated rings. The van der Waals surface area contributed by atoms with Crippen molar-refractivity contribution in [1.29, 1.82) is 0 Å². The average molecular weight is 708 g/mol. The van der Waals surface area contributed by atoms with E-state index >= 15 is 0 Å². The Kier molecular flexibility index (Phi) is 9.12. The summed E-state index contributed by atoms with van der Waals surface area (Å²) in [6.07, 6.45) is -3.16. The Morgan fingerprint density at radius 3 is 2.24 bits per heavy atom. The van der Waals surface area contributed by atoms with E-state index in [1.807, 2.05) is 13.1 Å². The van der Waals surface area contributed by atoms with Crippen LogP contribution in [0.5, 0.6) is 11.5 Å². The molecule has 0 amide bonds. The molecule has 6 rings (SSSR count). The SMILES string of the molecule is C[C@H](OC(=O)[C@@H](OC(=O)OC(C)(C)C)c1ccccc1)C(=O)OC1=CC[C@]2(O)C3Cc4ccc(OC(=O)OC(C)(C)C)c5c4[C@@]2(CCN3C)[C@H]1O5. The highest BCUT2D eigenvalue weighted by atomic mass is 16.7. The van der Waals surface area contributed by atoms with E-state index in [-0.39, 0.29) is 29.7 Å². The predicted molar refractivity (Wildman–Crippen MR) is 180 cm³/mol. The van der Waals surface area contributed by atoms with Crippen molar-refractivity contribution in [2.24, 2.45) is 0 Å². The fourth-order valence-corrected chi connectivity index (χ4v) is 7.60. The maximum atomic E-state index is 13.6. The molecule has 2 aliphatic carbocycles. The molecule has 1 unspecified atom stereocenters. The Labute approximate surface area is 296 Å². The first kappa shape index (κ1) is 36.2. The van der Waals surface area contributed by atoms with Crippen LogP contribution in [-0.4, -0.2) is 82.9 Å². The van der Waals surface area contributed by atoms with Gasteiger partial charge in [0.15, 0.2) is 23.7 Å². The van der Waals surface area contributed by atoms with Gasteiger partial charge in [0.25, 0.3) is 0 Å². The Hall–Kier alpha value is -4.62. The number of aliphatic hydroxyl groups is 1. The minimum absolute atomic E-state index is 0.122. The minimum atomic E-state index is -1.52. The summed E-state index contributed by atoms with van der Waals surface area (Å²) in [6.45, 7) is 12.1. The fourth-order valence-electron chi connectivity index (χ4n) is 7.60. The number of hydrogen-bond acceptors (Lipinski definition) is 13. The zero-order valence-corrected chi connectivity index (χ0v) is 30.1. The molecule has 13 heteroatoms. The molecule has 0 saturated carbocycles. The zero-order chi connectivity index (χ0) is 37.1. The van der Waals surface area contributed by atoms with Crippen molar-refractivity contribution < 1.29 is 57.4 Å². The summed E-state index contributed by atoms with van der Waals surface area (Å²) in [5.74, 6) is -1.39. The van der Waals surface area contributed by atoms with Gasteiger partial charge < -0.3 is 43.2 Å². The van der Waals surface area contributed by atoms with E-state index < -0.39 is 64.8 Å². The molecule has 1 saturated heterocycles. The van der Waals surface area contributed by atoms with Crippen LogP contribution in [0.25, 0.3) is 0 Å². The van der Waals surface area contributed by atoms with E-state index in [4.69, 9.17) is 33.2 Å². The van der Waals surface area contributed by atoms with Gasteiger partial charge in [-0.15, -0.1) is 0 Å². The molecule has 2 bridgehead atoms. The van der Waals surface area contributed by atoms with Crippen molar-refractivity contribution in [2.45, 2.75) is 114 Å². The number of hydrogen-bond donors (Lipinski definition) is 1. The number of nitrogens with zero attached hydrogens (tertiary/aromatic N) is 1. The quantitative estimate of drug-likeness (QED) is 0.221. The fraction of sp³-hybridized carbons (Fsp3) is 0.526. The molecule has 2 aromatic rings. The summed E-state index contributed by atoms with van der Waals surface area (Å²) < 4.78 is 39.6. The topological polar surface area (TPSA) is 156 Å². The Bertz CT molecular complexity index is 1760. The lowest BCUT2D eigenvalue weighted by Crippen LogP contribution is -2.74. The first-order valence-electron chi connectivity index (χ1n) is 17.1. The van der Waals surface area contributed by atoms with Crippen LogP contribution in [-0.2, 0) is 45.1 Å². The maximum Gasteiger partial charge on any atom is 0.514 e. The van der Waals surface area contributed by atoms with E-state index in [0.717, 1.165) is 5.56 Å². The molecule has 0 radical (unpaired) electrons. The van der Waals surface area contributed by atoms with Crippen LogP contribution in [0.3, 0.4) is 0 Å². The van der Waals surface area contributed by atoms with Crippen LogP contribution in [0.15, 0.2) is 54.3 Å². The van der Waals surface area contributed by atoms with Gasteiger partial charge in [0.2, 0.25) is 6.10 Å². The summed E-state index contributed by atoms with van der Waals surface area (Å²) in [5, 5.41) is 12.5. The van der Waals surface area contributed by atoms with Gasteiger partial charge >= 0.3 is 24.2 Å². The monoisotopic (exact) mass is 707 g/mol. The average Bonchev–Trinajstić information content (AvgIpc) is 3.38. The lowest BCUT2D eigenvalue weighted by molar-refractivity contribution is -0.178. The summed E-state index contributed by atoms with van der Waals surface area (Å²) in [7, 11) is 1.97. The third kappa shape index (κ3) is 6.64. The molecule has 6 atom stereocenters. The lowest BCUT2D eigenvalue weighted by Gasteiger charge is -2.61. The summed E-state index contributed by atoms with van der Waals surface area (Å²) in [4.78, 5) is 54.4. The van der Waals surface area contributed by atoms with Gasteiger partial charge in [-0.3, -0.25) is 0 Å². The standard InChI is InChI=1S/C38H45NO12/c1-21(45-32(41)28(22-12-10-9-11-13-22)49-34(43)51-36(5,6)7)31(40)46-25-16-17-38(44)26-20-23-14-15-24(47-33(42)50-35(2,3)4)29-27(23)37(38,30(25)48-29)18-19-39(26)8/h9-16,21,26,28,30,44H,17-20H2,1-8H3/t21-,26?,28-,30-,37-,38-/m0/s1. The van der Waals surface area contributed by atoms with E-state index in [9.17, 15) is 24.3 Å². The Morgan fingerprint density at radius 1 is 0.902 bits per heavy atom. The lowest BCUT2D eigenvalue weighted by atomic mass is 9.50. The van der Waals surface area contributed by atoms with Crippen LogP contribution in [0.2, 0.25) is 0 Å². The number of likely N-dealkylation sites (N-methyl/N-ethyl adjacent to an activating group) is 1. The van der Waals surface area contributed by atoms with Gasteiger partial charge in [-0.1, -0.05) is 36.4 Å². The number of piperidine rings is 1. The molecular weight excluding hydrogens is 662 g/mol. The molecule has 2 aromatic carbocycles. The molecule has 13 nitrogen and oxygen atoms in total. The van der Waals surface area contributed by atoms with Crippen molar-refractivity contribution in [3.63, 3.8) is 0 Å². The summed E-state index contributed by atoms with van der Waals surface area (Å²) in [6, 6.07) is 11.5. The van der Waals surface area contributed by atoms with Crippen molar-refractivity contribution in [3.05, 3.63) is 71.0 Å². The normalized spacial score (nSPS) is 25.9. The highest BCUT2D eigenvalue weighted by Crippen LogP contribution is 2.65. The molecule has 2 heterocycles. The number of benzene rings is 2. The van der Waals surface area contributed by atoms with Crippen molar-refractivity contribution in [2.75, 3.05) is 13.6 Å². The van der Waals surface area contributed by atoms with Crippen LogP contribution in [0.4, 0.5) is 9.59 Å². The first-order valence-corrected chi connectivity index (χ1v) is 17.1. The highest BCUT2D eigenvalue weighted by Gasteiger charge is 2.72. The number of likely N-dealkylation sites (tertiary alicyclic amines) is 1. The van der Waals surface area contributed by atoms with Crippen LogP contribution >= 0.6 is 0 Å². The molecule has 2 aliphatic heterocycles. The number of carbonyl (C=O) groups excluding carboxylic acids is 4. The van der Waals surface area contributed by atoms with Crippen molar-refractivity contribution in [3.8, 4) is 11.5 Å². The first-order chi connectivity index (χ1) is 23.8. The molecule has 0 aromatic heterocycles. The van der Waals surface area contributed by atoms with Crippen LogP contribution in [0, 0.1) is 0 Å². The van der Waals surface area contributed by atoms with Gasteiger partial charge in [0.1, 0.15) is 17.0 Å². The second-order valence-corrected chi connectivity index (χ2v) is 15.5. The Balaban J connectivity index is 1.25. The van der Waals surface area contributed by atoms with E-state index in [2.05, 4.69) is 4.90 Å². The minimum Gasteiger partial charge on any atom is -0.477 e. The van der Waals surface area contributed by atoms with E-state index in [1.165, 1.54) is 6.92 Å². The van der Waals surface area contributed by atoms with Crippen molar-refractivity contribution in [1.82, 2.24) is 4.90 Å². The molecule has 4 aliphatic rings. The maximum absolute atomic E-state index is 13.6. The smallest absolute Gasteiger partial charge is 0.477 e. The van der Waals surface area contributed by atoms with Gasteiger partial charge in [-0.25, -0.2) is 19.2 Å². The molecular formula is C38H45NO12. The summed E-state index contributed by atoms with van der Waals surface area (Å²) >= 11 is 0. The second kappa shape index (κ2) is 12.9. The van der Waals surface area contributed by atoms with Gasteiger partial charge in [0.05, 0.1) is 11.0 Å². The largest absolute Gasteiger partial charge is 0.514 e. The number of carbonyl (C=O) groups is 4. The van der Waals surface area contributed by atoms with Gasteiger partial charge in [-0.2, -0.15) is 0 Å². The third-order valence-corrected chi connectivity index (χ3v) is 9.68. The Morgan fingerprint density at radius 2 is 1.57 bits per heavy atom. The van der Waals surface area contributed by atoms with Crippen LogP contribution in [0.1, 0.15) is 84.1 Å². The number of rotatable bonds is 7. The molecule has 274 valence electrons. The van der Waals surface area contributed by atoms with Gasteiger partial charge in [0, 0.05) is 23.6 Å². The van der Waals surface area contributed by atoms with Crippen molar-refractivity contribution >= 4 is 24.2 Å². The number of ether oxygens (including phenoxy) is 7. The molecule has 1 spiro atoms. The molecule has 1 N–H and O–H groups in total. The number of esters is 2. The second-order valence-electron chi connectivity index (χ2n) is 15.5. The summed E-state index contributed by atoms with van der Waals surface area (Å²) in [5.41, 5.74) is -2.06. The molecule has 51 heavy (non-hydrogen) atoms. The van der Waals surface area contributed by atoms with Gasteiger partial charge in [-0.05, 0) is 92.6 Å².